The van der Waals surface area contributed by atoms with Crippen LogP contribution in [0.1, 0.15) is 47.0 Å². The van der Waals surface area contributed by atoms with Crippen LogP contribution in [0.5, 0.6) is 0 Å². The van der Waals surface area contributed by atoms with E-state index in [0.717, 1.165) is 57.1 Å². The van der Waals surface area contributed by atoms with Crippen LogP contribution in [0.4, 0.5) is 0 Å². The van der Waals surface area contributed by atoms with Gasteiger partial charge >= 0.3 is 0 Å². The fourth-order valence-electron chi connectivity index (χ4n) is 2.13. The quantitative estimate of drug-likeness (QED) is 0.497. The van der Waals surface area contributed by atoms with Gasteiger partial charge < -0.3 is 10.6 Å². The first-order valence-electron chi connectivity index (χ1n) is 7.93. The molecule has 2 N–H and O–H groups in total. The Labute approximate surface area is 119 Å². The number of likely N-dealkylation sites (N-methyl/N-ethyl adjacent to an activating group) is 1. The molecule has 0 aromatic carbocycles. The molecule has 0 aromatic rings. The van der Waals surface area contributed by atoms with Gasteiger partial charge in [0.05, 0.1) is 0 Å². The molecule has 0 unspecified atom stereocenters. The Hall–Kier alpha value is -0.770. The molecule has 19 heavy (non-hydrogen) atoms. The highest BCUT2D eigenvalue weighted by Crippen LogP contribution is 2.25. The van der Waals surface area contributed by atoms with Gasteiger partial charge in [0, 0.05) is 32.2 Å². The van der Waals surface area contributed by atoms with Gasteiger partial charge in [-0.1, -0.05) is 20.8 Å². The molecule has 1 rings (SSSR count). The highest BCUT2D eigenvalue weighted by Gasteiger charge is 2.27. The van der Waals surface area contributed by atoms with Crippen LogP contribution >= 0.6 is 0 Å². The third kappa shape index (κ3) is 7.41. The van der Waals surface area contributed by atoms with Crippen molar-refractivity contribution in [2.75, 3.05) is 32.7 Å². The SMILES string of the molecule is CCNC(=NCCC(C)C)NCCN(CC)C1CC1. The second kappa shape index (κ2) is 9.18. The summed E-state index contributed by atoms with van der Waals surface area (Å²) in [7, 11) is 0. The van der Waals surface area contributed by atoms with Crippen molar-refractivity contribution in [3.63, 3.8) is 0 Å². The molecule has 0 spiro atoms. The van der Waals surface area contributed by atoms with E-state index in [1.54, 1.807) is 0 Å². The van der Waals surface area contributed by atoms with Crippen LogP contribution in [0.2, 0.25) is 0 Å². The zero-order valence-electron chi connectivity index (χ0n) is 13.2. The fraction of sp³-hybridized carbons (Fsp3) is 0.933. The van der Waals surface area contributed by atoms with Crippen LogP contribution in [0.3, 0.4) is 0 Å². The summed E-state index contributed by atoms with van der Waals surface area (Å²) < 4.78 is 0. The second-order valence-corrected chi connectivity index (χ2v) is 5.73. The molecule has 1 saturated carbocycles. The zero-order chi connectivity index (χ0) is 14.1. The molecule has 0 heterocycles. The van der Waals surface area contributed by atoms with Crippen molar-refractivity contribution in [2.24, 2.45) is 10.9 Å². The minimum absolute atomic E-state index is 0.720. The van der Waals surface area contributed by atoms with E-state index in [9.17, 15) is 0 Å². The average Bonchev–Trinajstić information content (AvgIpc) is 3.18. The molecule has 4 nitrogen and oxygen atoms in total. The summed E-state index contributed by atoms with van der Waals surface area (Å²) in [6.07, 6.45) is 3.92. The predicted octanol–water partition coefficient (Wildman–Crippen LogP) is 2.07. The molecule has 112 valence electrons. The molecule has 0 saturated heterocycles. The maximum atomic E-state index is 4.61. The number of rotatable bonds is 9. The van der Waals surface area contributed by atoms with Crippen LogP contribution in [-0.4, -0.2) is 49.6 Å². The lowest BCUT2D eigenvalue weighted by Crippen LogP contribution is -2.42. The maximum absolute atomic E-state index is 4.61. The number of guanidine groups is 1. The van der Waals surface area contributed by atoms with Gasteiger partial charge in [0.15, 0.2) is 5.96 Å². The number of hydrogen-bond acceptors (Lipinski definition) is 2. The Balaban J connectivity index is 2.23. The summed E-state index contributed by atoms with van der Waals surface area (Å²) in [6.45, 7) is 13.9. The van der Waals surface area contributed by atoms with Gasteiger partial charge in [-0.2, -0.15) is 0 Å². The second-order valence-electron chi connectivity index (χ2n) is 5.73. The van der Waals surface area contributed by atoms with Gasteiger partial charge in [-0.3, -0.25) is 9.89 Å². The molecule has 0 aromatic heterocycles. The first kappa shape index (κ1) is 16.3. The molecule has 0 bridgehead atoms. The van der Waals surface area contributed by atoms with Crippen molar-refractivity contribution >= 4 is 5.96 Å². The molecule has 1 aliphatic carbocycles. The van der Waals surface area contributed by atoms with Crippen molar-refractivity contribution in [1.29, 1.82) is 0 Å². The van der Waals surface area contributed by atoms with Gasteiger partial charge in [0.25, 0.3) is 0 Å². The van der Waals surface area contributed by atoms with Crippen LogP contribution < -0.4 is 10.6 Å². The first-order chi connectivity index (χ1) is 9.17. The number of aliphatic imine (C=N–C) groups is 1. The third-order valence-electron chi connectivity index (χ3n) is 3.48. The highest BCUT2D eigenvalue weighted by molar-refractivity contribution is 5.79. The average molecular weight is 268 g/mol. The first-order valence-corrected chi connectivity index (χ1v) is 7.93. The van der Waals surface area contributed by atoms with Crippen molar-refractivity contribution in [3.8, 4) is 0 Å². The lowest BCUT2D eigenvalue weighted by molar-refractivity contribution is 0.282. The van der Waals surface area contributed by atoms with E-state index in [1.807, 2.05) is 0 Å². The van der Waals surface area contributed by atoms with Gasteiger partial charge in [-0.05, 0) is 38.6 Å². The maximum Gasteiger partial charge on any atom is 0.191 e. The zero-order valence-corrected chi connectivity index (χ0v) is 13.2. The van der Waals surface area contributed by atoms with E-state index in [1.165, 1.54) is 12.8 Å². The molecule has 0 radical (unpaired) electrons. The van der Waals surface area contributed by atoms with E-state index in [4.69, 9.17) is 0 Å². The minimum Gasteiger partial charge on any atom is -0.357 e. The molecule has 1 aliphatic rings. The molecule has 0 amide bonds. The van der Waals surface area contributed by atoms with E-state index < -0.39 is 0 Å². The number of nitrogens with zero attached hydrogens (tertiary/aromatic N) is 2. The summed E-state index contributed by atoms with van der Waals surface area (Å²) in [5.41, 5.74) is 0. The Bertz CT molecular complexity index is 259. The van der Waals surface area contributed by atoms with Gasteiger partial charge in [0.2, 0.25) is 0 Å². The van der Waals surface area contributed by atoms with Crippen LogP contribution in [0.15, 0.2) is 4.99 Å². The largest absolute Gasteiger partial charge is 0.357 e. The molecule has 0 aliphatic heterocycles. The molecule has 0 atom stereocenters. The van der Waals surface area contributed by atoms with Crippen molar-refractivity contribution in [3.05, 3.63) is 0 Å². The Morgan fingerprint density at radius 3 is 2.53 bits per heavy atom. The molecular formula is C15H32N4. The smallest absolute Gasteiger partial charge is 0.191 e. The highest BCUT2D eigenvalue weighted by atomic mass is 15.2. The normalized spacial score (nSPS) is 16.2. The van der Waals surface area contributed by atoms with E-state index >= 15 is 0 Å². The summed E-state index contributed by atoms with van der Waals surface area (Å²) in [5.74, 6) is 1.69. The van der Waals surface area contributed by atoms with Gasteiger partial charge in [-0.25, -0.2) is 0 Å². The summed E-state index contributed by atoms with van der Waals surface area (Å²) in [6, 6.07) is 0.854. The predicted molar refractivity (Wildman–Crippen MR) is 83.7 cm³/mol. The monoisotopic (exact) mass is 268 g/mol. The number of hydrogen-bond donors (Lipinski definition) is 2. The van der Waals surface area contributed by atoms with E-state index in [0.29, 0.717) is 0 Å². The molecular weight excluding hydrogens is 236 g/mol. The van der Waals surface area contributed by atoms with Crippen LogP contribution in [0.25, 0.3) is 0 Å². The van der Waals surface area contributed by atoms with Crippen LogP contribution in [-0.2, 0) is 0 Å². The van der Waals surface area contributed by atoms with E-state index in [2.05, 4.69) is 48.2 Å². The Morgan fingerprint density at radius 2 is 2.00 bits per heavy atom. The summed E-state index contributed by atoms with van der Waals surface area (Å²) >= 11 is 0. The standard InChI is InChI=1S/C15H32N4/c1-5-16-15(17-10-9-13(3)4)18-11-12-19(6-2)14-7-8-14/h13-14H,5-12H2,1-4H3,(H2,16,17,18). The summed E-state index contributed by atoms with van der Waals surface area (Å²) in [4.78, 5) is 7.17. The van der Waals surface area contributed by atoms with Crippen molar-refractivity contribution in [1.82, 2.24) is 15.5 Å². The lowest BCUT2D eigenvalue weighted by atomic mass is 10.1. The lowest BCUT2D eigenvalue weighted by Gasteiger charge is -2.20. The van der Waals surface area contributed by atoms with E-state index in [-0.39, 0.29) is 0 Å². The molecule has 1 fully saturated rings. The Kier molecular flexibility index (Phi) is 7.87. The minimum atomic E-state index is 0.720. The topological polar surface area (TPSA) is 39.7 Å². The van der Waals surface area contributed by atoms with Crippen molar-refractivity contribution < 1.29 is 0 Å². The number of nitrogens with one attached hydrogen (secondary N) is 2. The van der Waals surface area contributed by atoms with Crippen LogP contribution in [0, 0.1) is 5.92 Å². The summed E-state index contributed by atoms with van der Waals surface area (Å²) in [5, 5.41) is 6.75. The molecule has 4 heteroatoms. The van der Waals surface area contributed by atoms with Crippen molar-refractivity contribution in [2.45, 2.75) is 53.0 Å². The van der Waals surface area contributed by atoms with Gasteiger partial charge in [0.1, 0.15) is 0 Å². The Morgan fingerprint density at radius 1 is 1.26 bits per heavy atom. The third-order valence-corrected chi connectivity index (χ3v) is 3.48. The van der Waals surface area contributed by atoms with Gasteiger partial charge in [-0.15, -0.1) is 0 Å². The fourth-order valence-corrected chi connectivity index (χ4v) is 2.13.